The summed E-state index contributed by atoms with van der Waals surface area (Å²) in [5, 5.41) is 2.11. The first-order chi connectivity index (χ1) is 21.8. The lowest BCUT2D eigenvalue weighted by Crippen LogP contribution is -2.10. The summed E-state index contributed by atoms with van der Waals surface area (Å²) < 4.78 is 6.29. The number of para-hydroxylation sites is 2. The highest BCUT2D eigenvalue weighted by atomic mass is 16.3. The second-order valence-corrected chi connectivity index (χ2v) is 11.8. The van der Waals surface area contributed by atoms with Crippen LogP contribution in [0.5, 0.6) is 0 Å². The third kappa shape index (κ3) is 3.16. The molecule has 10 rings (SSSR count). The highest BCUT2D eigenvalue weighted by Gasteiger charge is 2.32. The second kappa shape index (κ2) is 8.86. The van der Waals surface area contributed by atoms with Gasteiger partial charge in [0.1, 0.15) is 16.9 Å². The van der Waals surface area contributed by atoms with E-state index in [0.29, 0.717) is 0 Å². The van der Waals surface area contributed by atoms with Crippen LogP contribution in [-0.4, -0.2) is 0 Å². The van der Waals surface area contributed by atoms with Gasteiger partial charge in [-0.15, -0.1) is 0 Å². The quantitative estimate of drug-likeness (QED) is 0.214. The van der Waals surface area contributed by atoms with E-state index in [9.17, 15) is 0 Å². The van der Waals surface area contributed by atoms with Crippen molar-refractivity contribution in [1.82, 2.24) is 0 Å². The van der Waals surface area contributed by atoms with Gasteiger partial charge in [0.2, 0.25) is 0 Å². The third-order valence-electron chi connectivity index (χ3n) is 9.50. The molecule has 7 aromatic rings. The Morgan fingerprint density at radius 2 is 1.39 bits per heavy atom. The van der Waals surface area contributed by atoms with Gasteiger partial charge in [-0.2, -0.15) is 0 Å². The molecular weight excluding hydrogens is 534 g/mol. The van der Waals surface area contributed by atoms with Gasteiger partial charge in [-0.1, -0.05) is 97.1 Å². The maximum Gasteiger partial charge on any atom is 0.146 e. The summed E-state index contributed by atoms with van der Waals surface area (Å²) in [6, 6.07) is 48.2. The van der Waals surface area contributed by atoms with Crippen molar-refractivity contribution in [1.29, 1.82) is 0 Å². The van der Waals surface area contributed by atoms with Crippen molar-refractivity contribution in [2.45, 2.75) is 12.8 Å². The number of rotatable bonds is 3. The molecule has 6 bridgehead atoms. The molecule has 0 saturated carbocycles. The van der Waals surface area contributed by atoms with Crippen LogP contribution in [0.1, 0.15) is 24.0 Å². The largest absolute Gasteiger partial charge is 0.455 e. The zero-order valence-corrected chi connectivity index (χ0v) is 23.9. The van der Waals surface area contributed by atoms with Gasteiger partial charge in [0.05, 0.1) is 5.39 Å². The summed E-state index contributed by atoms with van der Waals surface area (Å²) in [4.78, 5) is 2.31. The molecule has 0 atom stereocenters. The van der Waals surface area contributed by atoms with Crippen LogP contribution in [0.25, 0.3) is 66.5 Å². The number of hydrogen-bond acceptors (Lipinski definition) is 2. The molecule has 0 unspecified atom stereocenters. The molecule has 1 aromatic heterocycles. The van der Waals surface area contributed by atoms with Crippen LogP contribution in [0.2, 0.25) is 0 Å². The molecule has 0 radical (unpaired) electrons. The summed E-state index contributed by atoms with van der Waals surface area (Å²) in [5.74, 6) is 0. The molecule has 44 heavy (non-hydrogen) atoms. The van der Waals surface area contributed by atoms with Crippen LogP contribution in [0.4, 0.5) is 17.1 Å². The normalized spacial score (nSPS) is 13.8. The lowest BCUT2D eigenvalue weighted by atomic mass is 9.80. The summed E-state index contributed by atoms with van der Waals surface area (Å²) in [6.07, 6.45) is 6.83. The molecule has 0 saturated heterocycles. The van der Waals surface area contributed by atoms with Crippen molar-refractivity contribution in [3.05, 3.63) is 151 Å². The number of hydrogen-bond donors (Lipinski definition) is 0. The van der Waals surface area contributed by atoms with Gasteiger partial charge in [-0.25, -0.2) is 0 Å². The fourth-order valence-corrected chi connectivity index (χ4v) is 7.70. The fourth-order valence-electron chi connectivity index (χ4n) is 7.70. The van der Waals surface area contributed by atoms with E-state index in [1.165, 1.54) is 55.7 Å². The maximum absolute atomic E-state index is 6.29. The van der Waals surface area contributed by atoms with Crippen LogP contribution in [-0.2, 0) is 0 Å². The van der Waals surface area contributed by atoms with Crippen molar-refractivity contribution in [3.63, 3.8) is 0 Å². The first kappa shape index (κ1) is 23.7. The summed E-state index contributed by atoms with van der Waals surface area (Å²) in [7, 11) is 0. The predicted molar refractivity (Wildman–Crippen MR) is 181 cm³/mol. The van der Waals surface area contributed by atoms with E-state index in [-0.39, 0.29) is 0 Å². The van der Waals surface area contributed by atoms with E-state index < -0.39 is 0 Å². The predicted octanol–water partition coefficient (Wildman–Crippen LogP) is 11.5. The van der Waals surface area contributed by atoms with Crippen LogP contribution < -0.4 is 4.90 Å². The smallest absolute Gasteiger partial charge is 0.146 e. The van der Waals surface area contributed by atoms with Gasteiger partial charge in [0.15, 0.2) is 0 Å². The van der Waals surface area contributed by atoms with Crippen molar-refractivity contribution in [3.8, 4) is 33.4 Å². The zero-order valence-electron chi connectivity index (χ0n) is 23.9. The monoisotopic (exact) mass is 559 g/mol. The Balaban J connectivity index is 1.29. The second-order valence-electron chi connectivity index (χ2n) is 11.8. The number of fused-ring (bicyclic) bond motifs is 6. The van der Waals surface area contributed by atoms with Crippen molar-refractivity contribution < 1.29 is 4.42 Å². The number of anilines is 3. The molecule has 3 aliphatic carbocycles. The molecule has 204 valence electrons. The van der Waals surface area contributed by atoms with Crippen molar-refractivity contribution >= 4 is 50.1 Å². The maximum atomic E-state index is 6.29. The number of furan rings is 1. The Hall–Kier alpha value is -5.78. The number of allylic oxidation sites excluding steroid dienone is 4. The highest BCUT2D eigenvalue weighted by molar-refractivity contribution is 6.17. The first-order valence-electron chi connectivity index (χ1n) is 15.3. The van der Waals surface area contributed by atoms with Gasteiger partial charge in [-0.05, 0) is 105 Å². The minimum absolute atomic E-state index is 0.808. The molecule has 1 heterocycles. The number of benzene rings is 5. The summed E-state index contributed by atoms with van der Waals surface area (Å²) in [5.41, 5.74) is 18.1. The molecule has 3 aliphatic rings. The molecule has 2 heteroatoms. The van der Waals surface area contributed by atoms with E-state index >= 15 is 0 Å². The van der Waals surface area contributed by atoms with E-state index in [1.807, 2.05) is 18.2 Å². The number of nitrogens with zero attached hydrogens (tertiary/aromatic N) is 1. The zero-order chi connectivity index (χ0) is 28.8. The molecular formula is C42H25NO. The minimum atomic E-state index is 0.808. The average molecular weight is 560 g/mol. The Kier molecular flexibility index (Phi) is 4.78. The van der Waals surface area contributed by atoms with Crippen molar-refractivity contribution in [2.24, 2.45) is 0 Å². The minimum Gasteiger partial charge on any atom is -0.455 e. The molecule has 0 spiro atoms. The highest BCUT2D eigenvalue weighted by Crippen LogP contribution is 2.56. The topological polar surface area (TPSA) is 16.4 Å². The van der Waals surface area contributed by atoms with Gasteiger partial charge in [0.25, 0.3) is 0 Å². The van der Waals surface area contributed by atoms with Gasteiger partial charge in [0, 0.05) is 22.8 Å². The van der Waals surface area contributed by atoms with Crippen molar-refractivity contribution in [2.75, 3.05) is 4.90 Å². The summed E-state index contributed by atoms with van der Waals surface area (Å²) in [6.45, 7) is 0. The first-order valence-corrected chi connectivity index (χ1v) is 15.3. The summed E-state index contributed by atoms with van der Waals surface area (Å²) >= 11 is 0. The van der Waals surface area contributed by atoms with Gasteiger partial charge >= 0.3 is 0 Å². The third-order valence-corrected chi connectivity index (χ3v) is 9.50. The van der Waals surface area contributed by atoms with Crippen LogP contribution in [0, 0.1) is 12.1 Å². The standard InChI is InChI=1S/C42H25NO/c1-2-11-26(12-3-1)43(37-20-10-22-39-42(37)35-15-6-7-21-38(35)44-39)27-23-24-29-32-17-9-18-33-34-19-8-16-31(41(34)36(29)25-27)28-13-4-5-14-30(28)40(32)33/h1-3,5-9,11-12,14-19,21-25H,4,13H2. The molecule has 6 aromatic carbocycles. The Morgan fingerprint density at radius 3 is 2.27 bits per heavy atom. The molecule has 0 aliphatic heterocycles. The van der Waals surface area contributed by atoms with Gasteiger partial charge in [-0.3, -0.25) is 0 Å². The lowest BCUT2D eigenvalue weighted by Gasteiger charge is -2.27. The lowest BCUT2D eigenvalue weighted by molar-refractivity contribution is 0.669. The molecule has 0 amide bonds. The van der Waals surface area contributed by atoms with E-state index in [4.69, 9.17) is 4.42 Å². The average Bonchev–Trinajstić information content (AvgIpc) is 3.42. The Labute approximate surface area is 255 Å². The Morgan fingerprint density at radius 1 is 0.614 bits per heavy atom. The van der Waals surface area contributed by atoms with Gasteiger partial charge < -0.3 is 9.32 Å². The fraction of sp³-hybridized carbons (Fsp3) is 0.0476. The Bertz CT molecular complexity index is 2390. The van der Waals surface area contributed by atoms with E-state index in [0.717, 1.165) is 51.8 Å². The van der Waals surface area contributed by atoms with E-state index in [1.54, 1.807) is 0 Å². The van der Waals surface area contributed by atoms with Crippen LogP contribution >= 0.6 is 0 Å². The van der Waals surface area contributed by atoms with Crippen LogP contribution in [0.15, 0.2) is 132 Å². The molecule has 0 N–H and O–H groups in total. The van der Waals surface area contributed by atoms with Crippen LogP contribution in [0.3, 0.4) is 0 Å². The molecule has 0 fully saturated rings. The SMILES string of the molecule is c1cc2oc3ccccc3c2c(N(c2ccccc2)c2ccc3c(c2)-c2c4cccc2-c2cccc-3c2C2=C4CCC=C2)c#1. The molecule has 2 nitrogen and oxygen atoms in total. The van der Waals surface area contributed by atoms with E-state index in [2.05, 4.69) is 126 Å².